The summed E-state index contributed by atoms with van der Waals surface area (Å²) in [6, 6.07) is 14.4. The van der Waals surface area contributed by atoms with Gasteiger partial charge in [-0.1, -0.05) is 25.1 Å². The van der Waals surface area contributed by atoms with E-state index in [-0.39, 0.29) is 5.57 Å². The van der Waals surface area contributed by atoms with Gasteiger partial charge < -0.3 is 14.8 Å². The van der Waals surface area contributed by atoms with Crippen molar-refractivity contribution in [2.45, 2.75) is 13.3 Å². The summed E-state index contributed by atoms with van der Waals surface area (Å²) in [7, 11) is 1.54. The first-order chi connectivity index (χ1) is 12.6. The number of anilines is 1. The van der Waals surface area contributed by atoms with Crippen molar-refractivity contribution in [2.75, 3.05) is 19.0 Å². The molecular formula is C20H19BrN2O3. The molecule has 0 radical (unpaired) electrons. The van der Waals surface area contributed by atoms with Gasteiger partial charge in [0.25, 0.3) is 5.91 Å². The van der Waals surface area contributed by atoms with E-state index < -0.39 is 5.91 Å². The second kappa shape index (κ2) is 9.64. The first kappa shape index (κ1) is 19.5. The van der Waals surface area contributed by atoms with Gasteiger partial charge in [0.05, 0.1) is 18.2 Å². The number of carbonyl (C=O) groups excluding carboxylic acids is 1. The van der Waals surface area contributed by atoms with E-state index in [9.17, 15) is 10.1 Å². The Morgan fingerprint density at radius 2 is 2.04 bits per heavy atom. The van der Waals surface area contributed by atoms with Crippen LogP contribution in [-0.2, 0) is 4.79 Å². The molecule has 0 aromatic heterocycles. The molecule has 0 bridgehead atoms. The molecule has 0 aliphatic carbocycles. The lowest BCUT2D eigenvalue weighted by atomic mass is 10.1. The van der Waals surface area contributed by atoms with Gasteiger partial charge in [0, 0.05) is 5.69 Å². The summed E-state index contributed by atoms with van der Waals surface area (Å²) in [5.74, 6) is 0.652. The highest BCUT2D eigenvalue weighted by molar-refractivity contribution is 9.10. The molecule has 0 aliphatic rings. The Labute approximate surface area is 161 Å². The van der Waals surface area contributed by atoms with Gasteiger partial charge in [-0.3, -0.25) is 4.79 Å². The van der Waals surface area contributed by atoms with Crippen molar-refractivity contribution in [1.82, 2.24) is 0 Å². The van der Waals surface area contributed by atoms with Crippen molar-refractivity contribution in [1.29, 1.82) is 5.26 Å². The number of halogens is 1. The van der Waals surface area contributed by atoms with Crippen LogP contribution in [0.3, 0.4) is 0 Å². The summed E-state index contributed by atoms with van der Waals surface area (Å²) in [4.78, 5) is 12.3. The van der Waals surface area contributed by atoms with Crippen molar-refractivity contribution >= 4 is 33.6 Å². The Bertz CT molecular complexity index is 842. The molecule has 0 unspecified atom stereocenters. The monoisotopic (exact) mass is 414 g/mol. The van der Waals surface area contributed by atoms with Gasteiger partial charge in [-0.15, -0.1) is 0 Å². The molecule has 0 saturated heterocycles. The van der Waals surface area contributed by atoms with E-state index in [0.29, 0.717) is 33.8 Å². The Hall–Kier alpha value is -2.78. The third-order valence-electron chi connectivity index (χ3n) is 3.41. The van der Waals surface area contributed by atoms with Crippen LogP contribution >= 0.6 is 15.9 Å². The Kier molecular flexibility index (Phi) is 7.24. The van der Waals surface area contributed by atoms with Crippen LogP contribution in [0, 0.1) is 11.3 Å². The molecule has 0 fully saturated rings. The van der Waals surface area contributed by atoms with Crippen LogP contribution in [0.5, 0.6) is 11.5 Å². The number of benzene rings is 2. The fourth-order valence-electron chi connectivity index (χ4n) is 2.20. The van der Waals surface area contributed by atoms with Gasteiger partial charge in [0.1, 0.15) is 11.6 Å². The van der Waals surface area contributed by atoms with E-state index in [2.05, 4.69) is 21.2 Å². The molecule has 0 heterocycles. The molecule has 0 saturated carbocycles. The third kappa shape index (κ3) is 5.11. The number of hydrogen-bond acceptors (Lipinski definition) is 4. The zero-order valence-corrected chi connectivity index (χ0v) is 16.2. The highest BCUT2D eigenvalue weighted by Crippen LogP contribution is 2.37. The quantitative estimate of drug-likeness (QED) is 0.521. The molecule has 134 valence electrons. The van der Waals surface area contributed by atoms with Gasteiger partial charge >= 0.3 is 0 Å². The first-order valence-electron chi connectivity index (χ1n) is 8.07. The number of ether oxygens (including phenoxy) is 2. The number of nitriles is 1. The lowest BCUT2D eigenvalue weighted by molar-refractivity contribution is -0.112. The van der Waals surface area contributed by atoms with Crippen molar-refractivity contribution < 1.29 is 14.3 Å². The number of hydrogen-bond donors (Lipinski definition) is 1. The smallest absolute Gasteiger partial charge is 0.266 e. The maximum absolute atomic E-state index is 12.3. The van der Waals surface area contributed by atoms with Crippen LogP contribution in [0.2, 0.25) is 0 Å². The minimum atomic E-state index is -0.472. The summed E-state index contributed by atoms with van der Waals surface area (Å²) in [5, 5.41) is 12.1. The first-order valence-corrected chi connectivity index (χ1v) is 8.86. The van der Waals surface area contributed by atoms with E-state index in [1.807, 2.05) is 31.2 Å². The second-order valence-electron chi connectivity index (χ2n) is 5.37. The van der Waals surface area contributed by atoms with Crippen LogP contribution in [0.15, 0.2) is 52.5 Å². The van der Waals surface area contributed by atoms with Gasteiger partial charge in [-0.05, 0) is 58.3 Å². The fraction of sp³-hybridized carbons (Fsp3) is 0.200. The summed E-state index contributed by atoms with van der Waals surface area (Å²) < 4.78 is 11.7. The van der Waals surface area contributed by atoms with Crippen LogP contribution in [0.1, 0.15) is 18.9 Å². The molecule has 1 amide bonds. The Balaban J connectivity index is 2.29. The molecular weight excluding hydrogens is 396 g/mol. The van der Waals surface area contributed by atoms with Crippen molar-refractivity contribution in [3.63, 3.8) is 0 Å². The lowest BCUT2D eigenvalue weighted by Gasteiger charge is -2.13. The number of nitrogens with one attached hydrogen (secondary N) is 1. The van der Waals surface area contributed by atoms with Crippen molar-refractivity contribution in [3.8, 4) is 17.6 Å². The minimum absolute atomic E-state index is 0.00923. The molecule has 5 nitrogen and oxygen atoms in total. The number of amides is 1. The average molecular weight is 415 g/mol. The normalized spacial score (nSPS) is 10.8. The molecule has 26 heavy (non-hydrogen) atoms. The number of para-hydroxylation sites is 1. The van der Waals surface area contributed by atoms with Gasteiger partial charge in [0.2, 0.25) is 0 Å². The maximum Gasteiger partial charge on any atom is 0.266 e. The number of methoxy groups -OCH3 is 1. The molecule has 6 heteroatoms. The molecule has 0 spiro atoms. The zero-order chi connectivity index (χ0) is 18.9. The standard InChI is InChI=1S/C20H19BrN2O3/c1-3-9-26-19-17(21)11-14(12-18(19)25-2)10-15(13-22)20(24)23-16-7-5-4-6-8-16/h4-8,10-12H,3,9H2,1-2H3,(H,23,24)/b15-10+. The molecule has 2 aromatic rings. The van der Waals surface area contributed by atoms with Gasteiger partial charge in [0.15, 0.2) is 11.5 Å². The van der Waals surface area contributed by atoms with Crippen molar-refractivity contribution in [3.05, 3.63) is 58.1 Å². The van der Waals surface area contributed by atoms with Gasteiger partial charge in [-0.2, -0.15) is 5.26 Å². The fourth-order valence-corrected chi connectivity index (χ4v) is 2.78. The molecule has 1 N–H and O–H groups in total. The SMILES string of the molecule is CCCOc1c(Br)cc(/C=C(\C#N)C(=O)Nc2ccccc2)cc1OC. The highest BCUT2D eigenvalue weighted by Gasteiger charge is 2.14. The minimum Gasteiger partial charge on any atom is -0.493 e. The zero-order valence-electron chi connectivity index (χ0n) is 14.6. The second-order valence-corrected chi connectivity index (χ2v) is 6.23. The van der Waals surface area contributed by atoms with E-state index in [4.69, 9.17) is 9.47 Å². The van der Waals surface area contributed by atoms with E-state index >= 15 is 0 Å². The lowest BCUT2D eigenvalue weighted by Crippen LogP contribution is -2.13. The summed E-state index contributed by atoms with van der Waals surface area (Å²) in [6.07, 6.45) is 2.38. The summed E-state index contributed by atoms with van der Waals surface area (Å²) in [6.45, 7) is 2.58. The Morgan fingerprint density at radius 1 is 1.31 bits per heavy atom. The highest BCUT2D eigenvalue weighted by atomic mass is 79.9. The van der Waals surface area contributed by atoms with Gasteiger partial charge in [-0.25, -0.2) is 0 Å². The molecule has 0 aliphatic heterocycles. The molecule has 2 rings (SSSR count). The van der Waals surface area contributed by atoms with E-state index in [1.54, 1.807) is 31.4 Å². The third-order valence-corrected chi connectivity index (χ3v) is 4.00. The number of nitrogens with zero attached hydrogens (tertiary/aromatic N) is 1. The average Bonchev–Trinajstić information content (AvgIpc) is 2.65. The molecule has 2 aromatic carbocycles. The van der Waals surface area contributed by atoms with Crippen molar-refractivity contribution in [2.24, 2.45) is 0 Å². The largest absolute Gasteiger partial charge is 0.493 e. The predicted molar refractivity (Wildman–Crippen MR) is 105 cm³/mol. The Morgan fingerprint density at radius 3 is 2.65 bits per heavy atom. The van der Waals surface area contributed by atoms with E-state index in [1.165, 1.54) is 6.08 Å². The summed E-state index contributed by atoms with van der Waals surface area (Å²) >= 11 is 3.45. The van der Waals surface area contributed by atoms with Crippen LogP contribution in [0.25, 0.3) is 6.08 Å². The van der Waals surface area contributed by atoms with Crippen LogP contribution in [0.4, 0.5) is 5.69 Å². The maximum atomic E-state index is 12.3. The number of carbonyl (C=O) groups is 1. The number of rotatable bonds is 7. The molecule has 0 atom stereocenters. The van der Waals surface area contributed by atoms with E-state index in [0.717, 1.165) is 6.42 Å². The predicted octanol–water partition coefficient (Wildman–Crippen LogP) is 4.79. The van der Waals surface area contributed by atoms with Crippen LogP contribution < -0.4 is 14.8 Å². The topological polar surface area (TPSA) is 71.3 Å². The van der Waals surface area contributed by atoms with Crippen LogP contribution in [-0.4, -0.2) is 19.6 Å². The summed E-state index contributed by atoms with van der Waals surface area (Å²) in [5.41, 5.74) is 1.27.